The fraction of sp³-hybridized carbons (Fsp3) is 0.167. The zero-order valence-electron chi connectivity index (χ0n) is 9.26. The summed E-state index contributed by atoms with van der Waals surface area (Å²) in [5, 5.41) is 9.17. The van der Waals surface area contributed by atoms with Crippen LogP contribution < -0.4 is 11.1 Å². The molecule has 0 saturated carbocycles. The van der Waals surface area contributed by atoms with Crippen molar-refractivity contribution in [2.75, 3.05) is 11.9 Å². The molecule has 2 rings (SSSR count). The molecule has 1 unspecified atom stereocenters. The van der Waals surface area contributed by atoms with Crippen molar-refractivity contribution in [3.8, 4) is 0 Å². The molecule has 2 aromatic rings. The first-order valence-corrected chi connectivity index (χ1v) is 5.36. The van der Waals surface area contributed by atoms with Gasteiger partial charge in [0.2, 0.25) is 5.91 Å². The maximum atomic E-state index is 12.0. The number of anilines is 1. The first-order valence-electron chi connectivity index (χ1n) is 5.36. The lowest BCUT2D eigenvalue weighted by molar-refractivity contribution is -0.117. The van der Waals surface area contributed by atoms with Gasteiger partial charge in [-0.1, -0.05) is 30.3 Å². The Hall–Kier alpha value is -2.14. The van der Waals surface area contributed by atoms with E-state index in [1.165, 1.54) is 0 Å². The summed E-state index contributed by atoms with van der Waals surface area (Å²) < 4.78 is 0. The van der Waals surface area contributed by atoms with Crippen molar-refractivity contribution in [2.24, 2.45) is 5.73 Å². The van der Waals surface area contributed by atoms with E-state index < -0.39 is 0 Å². The highest BCUT2D eigenvalue weighted by Gasteiger charge is 2.18. The Labute approximate surface area is 99.0 Å². The smallest absolute Gasteiger partial charge is 0.234 e. The summed E-state index contributed by atoms with van der Waals surface area (Å²) in [4.78, 5) is 12.0. The van der Waals surface area contributed by atoms with Gasteiger partial charge in [0.05, 0.1) is 12.1 Å². The minimum atomic E-state index is -0.348. The van der Waals surface area contributed by atoms with Gasteiger partial charge in [-0.05, 0) is 5.56 Å². The average Bonchev–Trinajstić information content (AvgIpc) is 2.84. The minimum absolute atomic E-state index is 0.136. The van der Waals surface area contributed by atoms with Crippen LogP contribution in [0.25, 0.3) is 0 Å². The van der Waals surface area contributed by atoms with E-state index in [4.69, 9.17) is 5.73 Å². The number of hydrogen-bond donors (Lipinski definition) is 3. The summed E-state index contributed by atoms with van der Waals surface area (Å²) in [5.41, 5.74) is 6.56. The van der Waals surface area contributed by atoms with Crippen LogP contribution in [0.5, 0.6) is 0 Å². The number of benzene rings is 1. The molecule has 1 atom stereocenters. The number of nitrogens with two attached hydrogens (primary N) is 1. The Kier molecular flexibility index (Phi) is 3.52. The molecule has 0 fully saturated rings. The largest absolute Gasteiger partial charge is 0.329 e. The summed E-state index contributed by atoms with van der Waals surface area (Å²) in [6, 6.07) is 11.2. The number of rotatable bonds is 4. The number of H-pyrrole nitrogens is 1. The summed E-state index contributed by atoms with van der Waals surface area (Å²) in [6.07, 6.45) is 1.58. The maximum Gasteiger partial charge on any atom is 0.234 e. The highest BCUT2D eigenvalue weighted by molar-refractivity contribution is 5.95. The number of carbonyl (C=O) groups excluding carboxylic acids is 1. The highest BCUT2D eigenvalue weighted by atomic mass is 16.2. The lowest BCUT2D eigenvalue weighted by Gasteiger charge is -2.14. The summed E-state index contributed by atoms with van der Waals surface area (Å²) in [6.45, 7) is 0.268. The normalized spacial score (nSPS) is 12.1. The van der Waals surface area contributed by atoms with E-state index in [-0.39, 0.29) is 18.4 Å². The Morgan fingerprint density at radius 1 is 1.35 bits per heavy atom. The number of carbonyl (C=O) groups is 1. The second kappa shape index (κ2) is 5.27. The topological polar surface area (TPSA) is 83.8 Å². The lowest BCUT2D eigenvalue weighted by atomic mass is 9.98. The van der Waals surface area contributed by atoms with Gasteiger partial charge in [0.25, 0.3) is 0 Å². The molecule has 5 heteroatoms. The van der Waals surface area contributed by atoms with Gasteiger partial charge in [-0.25, -0.2) is 0 Å². The van der Waals surface area contributed by atoms with Crippen molar-refractivity contribution < 1.29 is 4.79 Å². The second-order valence-corrected chi connectivity index (χ2v) is 3.66. The molecule has 0 spiro atoms. The molecule has 1 aromatic carbocycles. The lowest BCUT2D eigenvalue weighted by Crippen LogP contribution is -2.27. The molecule has 0 aliphatic heterocycles. The number of amides is 1. The first kappa shape index (κ1) is 11.3. The molecule has 1 amide bonds. The second-order valence-electron chi connectivity index (χ2n) is 3.66. The van der Waals surface area contributed by atoms with Crippen molar-refractivity contribution >= 4 is 11.7 Å². The molecule has 88 valence electrons. The van der Waals surface area contributed by atoms with Crippen LogP contribution >= 0.6 is 0 Å². The molecular formula is C12H14N4O. The molecule has 17 heavy (non-hydrogen) atoms. The van der Waals surface area contributed by atoms with E-state index in [0.29, 0.717) is 5.82 Å². The summed E-state index contributed by atoms with van der Waals surface area (Å²) >= 11 is 0. The fourth-order valence-corrected chi connectivity index (χ4v) is 1.63. The van der Waals surface area contributed by atoms with Crippen LogP contribution in [0.4, 0.5) is 5.82 Å². The average molecular weight is 230 g/mol. The van der Waals surface area contributed by atoms with E-state index in [9.17, 15) is 4.79 Å². The van der Waals surface area contributed by atoms with E-state index in [1.807, 2.05) is 30.3 Å². The molecular weight excluding hydrogens is 216 g/mol. The standard InChI is InChI=1S/C12H14N4O/c13-8-10(9-4-2-1-3-5-9)12(17)15-11-6-7-14-16-11/h1-7,10H,8,13H2,(H2,14,15,16,17). The van der Waals surface area contributed by atoms with Crippen LogP contribution in [-0.4, -0.2) is 22.6 Å². The highest BCUT2D eigenvalue weighted by Crippen LogP contribution is 2.16. The van der Waals surface area contributed by atoms with Gasteiger partial charge in [0.15, 0.2) is 0 Å². The number of nitrogens with one attached hydrogen (secondary N) is 2. The third-order valence-electron chi connectivity index (χ3n) is 2.51. The van der Waals surface area contributed by atoms with E-state index in [0.717, 1.165) is 5.56 Å². The first-order chi connectivity index (χ1) is 8.31. The van der Waals surface area contributed by atoms with Crippen molar-refractivity contribution in [1.29, 1.82) is 0 Å². The molecule has 0 saturated heterocycles. The van der Waals surface area contributed by atoms with Crippen LogP contribution in [-0.2, 0) is 4.79 Å². The van der Waals surface area contributed by atoms with Gasteiger partial charge in [-0.2, -0.15) is 5.10 Å². The molecule has 0 aliphatic rings. The predicted molar refractivity (Wildman–Crippen MR) is 65.5 cm³/mol. The Morgan fingerprint density at radius 3 is 2.71 bits per heavy atom. The Bertz CT molecular complexity index is 467. The summed E-state index contributed by atoms with van der Waals surface area (Å²) in [5.74, 6) is 0.0897. The Balaban J connectivity index is 2.11. The number of hydrogen-bond acceptors (Lipinski definition) is 3. The van der Waals surface area contributed by atoms with Crippen molar-refractivity contribution in [3.63, 3.8) is 0 Å². The van der Waals surface area contributed by atoms with Crippen LogP contribution in [0.3, 0.4) is 0 Å². The van der Waals surface area contributed by atoms with Crippen LogP contribution in [0, 0.1) is 0 Å². The zero-order valence-corrected chi connectivity index (χ0v) is 9.26. The van der Waals surface area contributed by atoms with Gasteiger partial charge >= 0.3 is 0 Å². The molecule has 5 nitrogen and oxygen atoms in total. The molecule has 1 heterocycles. The monoisotopic (exact) mass is 230 g/mol. The molecule has 0 bridgehead atoms. The Morgan fingerprint density at radius 2 is 2.12 bits per heavy atom. The summed E-state index contributed by atoms with van der Waals surface area (Å²) in [7, 11) is 0. The van der Waals surface area contributed by atoms with Crippen LogP contribution in [0.1, 0.15) is 11.5 Å². The van der Waals surface area contributed by atoms with Crippen molar-refractivity contribution in [1.82, 2.24) is 10.2 Å². The van der Waals surface area contributed by atoms with E-state index in [1.54, 1.807) is 12.3 Å². The van der Waals surface area contributed by atoms with Gasteiger partial charge in [-0.15, -0.1) is 0 Å². The van der Waals surface area contributed by atoms with Crippen molar-refractivity contribution in [3.05, 3.63) is 48.2 Å². The number of nitrogens with zero attached hydrogens (tertiary/aromatic N) is 1. The van der Waals surface area contributed by atoms with Crippen LogP contribution in [0.15, 0.2) is 42.6 Å². The van der Waals surface area contributed by atoms with Gasteiger partial charge in [0, 0.05) is 12.6 Å². The maximum absolute atomic E-state index is 12.0. The van der Waals surface area contributed by atoms with Gasteiger partial charge in [-0.3, -0.25) is 9.89 Å². The third-order valence-corrected chi connectivity index (χ3v) is 2.51. The van der Waals surface area contributed by atoms with E-state index in [2.05, 4.69) is 15.5 Å². The number of aromatic nitrogens is 2. The van der Waals surface area contributed by atoms with E-state index >= 15 is 0 Å². The quantitative estimate of drug-likeness (QED) is 0.735. The van der Waals surface area contributed by atoms with Crippen molar-refractivity contribution in [2.45, 2.75) is 5.92 Å². The van der Waals surface area contributed by atoms with Crippen LogP contribution in [0.2, 0.25) is 0 Å². The molecule has 0 aliphatic carbocycles. The predicted octanol–water partition coefficient (Wildman–Crippen LogP) is 1.09. The molecule has 1 aromatic heterocycles. The third kappa shape index (κ3) is 2.70. The minimum Gasteiger partial charge on any atom is -0.329 e. The number of aromatic amines is 1. The molecule has 0 radical (unpaired) electrons. The van der Waals surface area contributed by atoms with Gasteiger partial charge in [0.1, 0.15) is 5.82 Å². The zero-order chi connectivity index (χ0) is 12.1. The van der Waals surface area contributed by atoms with Gasteiger partial charge < -0.3 is 11.1 Å². The molecule has 4 N–H and O–H groups in total. The SMILES string of the molecule is NCC(C(=O)Nc1ccn[nH]1)c1ccccc1. The fourth-order valence-electron chi connectivity index (χ4n) is 1.63.